The number of aromatic nitrogens is 2. The molecular formula is C12H12BrN3O2. The van der Waals surface area contributed by atoms with E-state index in [0.29, 0.717) is 28.4 Å². The van der Waals surface area contributed by atoms with Gasteiger partial charge in [0.25, 0.3) is 0 Å². The maximum atomic E-state index is 9.25. The fourth-order valence-corrected chi connectivity index (χ4v) is 1.78. The summed E-state index contributed by atoms with van der Waals surface area (Å²) in [4.78, 5) is 8.58. The van der Waals surface area contributed by atoms with Crippen LogP contribution in [0.2, 0.25) is 0 Å². The lowest BCUT2D eigenvalue weighted by molar-refractivity contribution is 0.181. The van der Waals surface area contributed by atoms with Crippen LogP contribution in [-0.2, 0) is 11.3 Å². The molecule has 2 aromatic rings. The Kier molecular flexibility index (Phi) is 3.78. The van der Waals surface area contributed by atoms with E-state index in [4.69, 9.17) is 10.5 Å². The van der Waals surface area contributed by atoms with Gasteiger partial charge in [-0.2, -0.15) is 0 Å². The Morgan fingerprint density at radius 1 is 1.28 bits per heavy atom. The number of nitrogens with two attached hydrogens (primary N) is 1. The molecule has 1 aromatic carbocycles. The summed E-state index contributed by atoms with van der Waals surface area (Å²) in [5, 5.41) is 9.25. The van der Waals surface area contributed by atoms with E-state index >= 15 is 0 Å². The van der Waals surface area contributed by atoms with Crippen molar-refractivity contribution < 1.29 is 9.84 Å². The zero-order chi connectivity index (χ0) is 13.1. The van der Waals surface area contributed by atoms with Crippen molar-refractivity contribution in [2.24, 2.45) is 0 Å². The van der Waals surface area contributed by atoms with Crippen LogP contribution in [0.4, 0.5) is 5.82 Å². The minimum Gasteiger partial charge on any atom is -0.508 e. The van der Waals surface area contributed by atoms with Crippen LogP contribution in [-0.4, -0.2) is 22.2 Å². The number of nitrogen functional groups attached to an aromatic ring is 1. The normalized spacial score (nSPS) is 10.6. The highest BCUT2D eigenvalue weighted by atomic mass is 79.9. The fraction of sp³-hybridized carbons (Fsp3) is 0.167. The first-order valence-corrected chi connectivity index (χ1v) is 6.01. The number of methoxy groups -OCH3 is 1. The zero-order valence-corrected chi connectivity index (χ0v) is 11.3. The molecular weight excluding hydrogens is 298 g/mol. The largest absolute Gasteiger partial charge is 0.508 e. The van der Waals surface area contributed by atoms with E-state index in [2.05, 4.69) is 25.9 Å². The Bertz CT molecular complexity index is 558. The third-order valence-corrected chi connectivity index (χ3v) is 3.22. The van der Waals surface area contributed by atoms with Gasteiger partial charge in [0.05, 0.1) is 16.8 Å². The van der Waals surface area contributed by atoms with Crippen molar-refractivity contribution in [3.8, 4) is 17.1 Å². The second kappa shape index (κ2) is 5.32. The number of ether oxygens (including phenoxy) is 1. The number of phenolic OH excluding ortho intramolecular Hbond substituents is 1. The number of phenols is 1. The molecule has 0 saturated carbocycles. The second-order valence-electron chi connectivity index (χ2n) is 3.67. The summed E-state index contributed by atoms with van der Waals surface area (Å²) in [6.07, 6.45) is 0. The molecule has 3 N–H and O–H groups in total. The molecule has 0 radical (unpaired) electrons. The third-order valence-electron chi connectivity index (χ3n) is 2.35. The highest BCUT2D eigenvalue weighted by Crippen LogP contribution is 2.26. The number of halogens is 1. The molecule has 0 aliphatic heterocycles. The van der Waals surface area contributed by atoms with Crippen LogP contribution in [0.15, 0.2) is 28.7 Å². The molecule has 0 bridgehead atoms. The first-order chi connectivity index (χ1) is 8.61. The monoisotopic (exact) mass is 309 g/mol. The minimum atomic E-state index is 0.195. The number of anilines is 1. The van der Waals surface area contributed by atoms with E-state index < -0.39 is 0 Å². The molecule has 0 amide bonds. The van der Waals surface area contributed by atoms with Crippen molar-refractivity contribution in [2.45, 2.75) is 6.61 Å². The lowest BCUT2D eigenvalue weighted by Crippen LogP contribution is -2.03. The van der Waals surface area contributed by atoms with Crippen LogP contribution >= 0.6 is 15.9 Å². The van der Waals surface area contributed by atoms with Crippen LogP contribution in [0.3, 0.4) is 0 Å². The van der Waals surface area contributed by atoms with Crippen molar-refractivity contribution in [3.05, 3.63) is 34.4 Å². The first-order valence-electron chi connectivity index (χ1n) is 5.22. The molecule has 0 spiro atoms. The summed E-state index contributed by atoms with van der Waals surface area (Å²) >= 11 is 3.33. The van der Waals surface area contributed by atoms with Gasteiger partial charge in [0, 0.05) is 12.7 Å². The fourth-order valence-electron chi connectivity index (χ4n) is 1.48. The molecule has 0 atom stereocenters. The lowest BCUT2D eigenvalue weighted by atomic mass is 10.2. The van der Waals surface area contributed by atoms with Crippen LogP contribution in [0.5, 0.6) is 5.75 Å². The van der Waals surface area contributed by atoms with Crippen molar-refractivity contribution in [1.82, 2.24) is 9.97 Å². The molecule has 6 heteroatoms. The Labute approximate surface area is 113 Å². The molecule has 1 heterocycles. The quantitative estimate of drug-likeness (QED) is 0.909. The van der Waals surface area contributed by atoms with E-state index in [1.54, 1.807) is 31.4 Å². The molecule has 1 aromatic heterocycles. The van der Waals surface area contributed by atoms with Gasteiger partial charge in [0.2, 0.25) is 0 Å². The average Bonchev–Trinajstić information content (AvgIpc) is 2.36. The maximum absolute atomic E-state index is 9.25. The Hall–Kier alpha value is -1.66. The molecule has 0 saturated heterocycles. The van der Waals surface area contributed by atoms with Gasteiger partial charge in [0.1, 0.15) is 11.6 Å². The summed E-state index contributed by atoms with van der Waals surface area (Å²) in [5.41, 5.74) is 7.29. The highest BCUT2D eigenvalue weighted by Gasteiger charge is 2.11. The van der Waals surface area contributed by atoms with Crippen molar-refractivity contribution in [3.63, 3.8) is 0 Å². The zero-order valence-electron chi connectivity index (χ0n) is 9.72. The Morgan fingerprint density at radius 2 is 1.94 bits per heavy atom. The van der Waals surface area contributed by atoms with Crippen molar-refractivity contribution in [2.75, 3.05) is 12.8 Å². The van der Waals surface area contributed by atoms with Crippen molar-refractivity contribution in [1.29, 1.82) is 0 Å². The third kappa shape index (κ3) is 2.60. The van der Waals surface area contributed by atoms with Crippen LogP contribution in [0.25, 0.3) is 11.4 Å². The standard InChI is InChI=1S/C12H12BrN3O2/c1-18-6-9-10(13)11(14)16-12(15-9)7-2-4-8(17)5-3-7/h2-5,17H,6H2,1H3,(H2,14,15,16). The second-order valence-corrected chi connectivity index (χ2v) is 4.47. The molecule has 94 valence electrons. The number of rotatable bonds is 3. The molecule has 0 fully saturated rings. The topological polar surface area (TPSA) is 81.3 Å². The number of hydrogen-bond acceptors (Lipinski definition) is 5. The Morgan fingerprint density at radius 3 is 2.56 bits per heavy atom. The van der Waals surface area contributed by atoms with Gasteiger partial charge < -0.3 is 15.6 Å². The molecule has 2 rings (SSSR count). The van der Waals surface area contributed by atoms with Crippen molar-refractivity contribution >= 4 is 21.7 Å². The predicted octanol–water partition coefficient (Wildman–Crippen LogP) is 2.34. The van der Waals surface area contributed by atoms with Gasteiger partial charge in [-0.05, 0) is 40.2 Å². The molecule has 0 unspecified atom stereocenters. The summed E-state index contributed by atoms with van der Waals surface area (Å²) < 4.78 is 5.70. The molecule has 5 nitrogen and oxygen atoms in total. The first kappa shape index (κ1) is 12.8. The van der Waals surface area contributed by atoms with Crippen LogP contribution in [0.1, 0.15) is 5.69 Å². The van der Waals surface area contributed by atoms with E-state index in [0.717, 1.165) is 5.56 Å². The van der Waals surface area contributed by atoms with E-state index in [1.807, 2.05) is 0 Å². The van der Waals surface area contributed by atoms with Gasteiger partial charge >= 0.3 is 0 Å². The van der Waals surface area contributed by atoms with Crippen LogP contribution in [0, 0.1) is 0 Å². The summed E-state index contributed by atoms with van der Waals surface area (Å²) in [6.45, 7) is 0.346. The van der Waals surface area contributed by atoms with E-state index in [9.17, 15) is 5.11 Å². The number of benzene rings is 1. The van der Waals surface area contributed by atoms with Crippen LogP contribution < -0.4 is 5.73 Å². The maximum Gasteiger partial charge on any atom is 0.161 e. The average molecular weight is 310 g/mol. The molecule has 18 heavy (non-hydrogen) atoms. The van der Waals surface area contributed by atoms with Gasteiger partial charge in [0.15, 0.2) is 5.82 Å². The van der Waals surface area contributed by atoms with E-state index in [-0.39, 0.29) is 5.75 Å². The lowest BCUT2D eigenvalue weighted by Gasteiger charge is -2.08. The summed E-state index contributed by atoms with van der Waals surface area (Å²) in [5.74, 6) is 1.06. The van der Waals surface area contributed by atoms with E-state index in [1.165, 1.54) is 0 Å². The highest BCUT2D eigenvalue weighted by molar-refractivity contribution is 9.10. The molecule has 0 aliphatic rings. The van der Waals surface area contributed by atoms with Gasteiger partial charge in [-0.15, -0.1) is 0 Å². The SMILES string of the molecule is COCc1nc(-c2ccc(O)cc2)nc(N)c1Br. The number of aromatic hydroxyl groups is 1. The molecule has 0 aliphatic carbocycles. The Balaban J connectivity index is 2.48. The summed E-state index contributed by atoms with van der Waals surface area (Å²) in [6, 6.07) is 6.61. The smallest absolute Gasteiger partial charge is 0.161 e. The van der Waals surface area contributed by atoms with Gasteiger partial charge in [-0.3, -0.25) is 0 Å². The number of hydrogen-bond donors (Lipinski definition) is 2. The predicted molar refractivity (Wildman–Crippen MR) is 72.0 cm³/mol. The summed E-state index contributed by atoms with van der Waals surface area (Å²) in [7, 11) is 1.59. The van der Waals surface area contributed by atoms with Gasteiger partial charge in [-0.1, -0.05) is 0 Å². The number of nitrogens with zero attached hydrogens (tertiary/aromatic N) is 2. The minimum absolute atomic E-state index is 0.195. The van der Waals surface area contributed by atoms with Gasteiger partial charge in [-0.25, -0.2) is 9.97 Å².